The van der Waals surface area contributed by atoms with Crippen LogP contribution in [0, 0.1) is 0 Å². The monoisotopic (exact) mass is 280 g/mol. The van der Waals surface area contributed by atoms with Crippen molar-refractivity contribution in [2.45, 2.75) is 13.0 Å². The smallest absolute Gasteiger partial charge is 0.0931 e. The van der Waals surface area contributed by atoms with Crippen molar-refractivity contribution in [1.29, 1.82) is 0 Å². The summed E-state index contributed by atoms with van der Waals surface area (Å²) in [6.45, 7) is 2.14. The fourth-order valence-corrected chi connectivity index (χ4v) is 2.74. The molecule has 0 bridgehead atoms. The van der Waals surface area contributed by atoms with E-state index in [2.05, 4.69) is 46.8 Å². The van der Waals surface area contributed by atoms with E-state index >= 15 is 0 Å². The maximum absolute atomic E-state index is 5.96. The number of nitrogens with one attached hydrogen (secondary N) is 1. The number of hydrogen-bond acceptors (Lipinski definition) is 3. The van der Waals surface area contributed by atoms with Gasteiger partial charge in [0.05, 0.1) is 4.34 Å². The zero-order valence-electron chi connectivity index (χ0n) is 10.8. The molecule has 4 heteroatoms. The molecule has 0 aliphatic rings. The second kappa shape index (κ2) is 5.63. The first kappa shape index (κ1) is 13.2. The highest BCUT2D eigenvalue weighted by molar-refractivity contribution is 7.14. The van der Waals surface area contributed by atoms with Crippen LogP contribution in [0.3, 0.4) is 0 Å². The zero-order chi connectivity index (χ0) is 13.1. The van der Waals surface area contributed by atoms with Crippen LogP contribution in [-0.2, 0) is 0 Å². The van der Waals surface area contributed by atoms with Gasteiger partial charge in [-0.1, -0.05) is 17.7 Å². The predicted octanol–water partition coefficient (Wildman–Crippen LogP) is 4.64. The molecule has 0 amide bonds. The summed E-state index contributed by atoms with van der Waals surface area (Å²) in [7, 11) is 4.09. The van der Waals surface area contributed by atoms with Crippen LogP contribution in [0.5, 0.6) is 0 Å². The second-order valence-corrected chi connectivity index (χ2v) is 6.04. The molecular formula is C14H17ClN2S. The molecule has 0 spiro atoms. The van der Waals surface area contributed by atoms with Gasteiger partial charge in [-0.2, -0.15) is 0 Å². The third-order valence-electron chi connectivity index (χ3n) is 2.83. The van der Waals surface area contributed by atoms with E-state index in [-0.39, 0.29) is 6.04 Å². The van der Waals surface area contributed by atoms with Crippen molar-refractivity contribution in [2.75, 3.05) is 24.3 Å². The largest absolute Gasteiger partial charge is 0.378 e. The first-order valence-corrected chi connectivity index (χ1v) is 7.10. The van der Waals surface area contributed by atoms with E-state index in [0.29, 0.717) is 0 Å². The van der Waals surface area contributed by atoms with Crippen molar-refractivity contribution in [3.63, 3.8) is 0 Å². The van der Waals surface area contributed by atoms with Crippen molar-refractivity contribution >= 4 is 34.3 Å². The van der Waals surface area contributed by atoms with Gasteiger partial charge in [-0.15, -0.1) is 11.3 Å². The minimum absolute atomic E-state index is 0.256. The lowest BCUT2D eigenvalue weighted by atomic mass is 10.1. The minimum atomic E-state index is 0.256. The molecular weight excluding hydrogens is 264 g/mol. The maximum Gasteiger partial charge on any atom is 0.0931 e. The van der Waals surface area contributed by atoms with Crippen LogP contribution >= 0.6 is 22.9 Å². The van der Waals surface area contributed by atoms with Crippen molar-refractivity contribution in [3.8, 4) is 0 Å². The van der Waals surface area contributed by atoms with Crippen LogP contribution in [0.4, 0.5) is 11.4 Å². The normalized spacial score (nSPS) is 12.2. The highest BCUT2D eigenvalue weighted by Gasteiger charge is 2.08. The number of thiophene rings is 1. The molecule has 1 atom stereocenters. The summed E-state index contributed by atoms with van der Waals surface area (Å²) in [5.41, 5.74) is 3.53. The fourth-order valence-electron chi connectivity index (χ4n) is 1.76. The molecule has 1 heterocycles. The van der Waals surface area contributed by atoms with E-state index < -0.39 is 0 Å². The molecule has 1 aromatic heterocycles. The molecule has 2 rings (SSSR count). The summed E-state index contributed by atoms with van der Waals surface area (Å²) in [5.74, 6) is 0. The molecule has 1 N–H and O–H groups in total. The van der Waals surface area contributed by atoms with E-state index in [0.717, 1.165) is 10.0 Å². The fraction of sp³-hybridized carbons (Fsp3) is 0.286. The summed E-state index contributed by atoms with van der Waals surface area (Å²) < 4.78 is 0.834. The Morgan fingerprint density at radius 2 is 2.06 bits per heavy atom. The maximum atomic E-state index is 5.96. The molecule has 0 saturated heterocycles. The van der Waals surface area contributed by atoms with Gasteiger partial charge in [0.15, 0.2) is 0 Å². The van der Waals surface area contributed by atoms with Gasteiger partial charge >= 0.3 is 0 Å². The quantitative estimate of drug-likeness (QED) is 0.878. The van der Waals surface area contributed by atoms with Gasteiger partial charge in [0.1, 0.15) is 0 Å². The Bertz CT molecular complexity index is 522. The average molecular weight is 281 g/mol. The van der Waals surface area contributed by atoms with Gasteiger partial charge < -0.3 is 10.2 Å². The number of halogens is 1. The Labute approximate surface area is 117 Å². The standard InChI is InChI=1S/C14H17ClN2S/c1-10(11-7-14(15)18-9-11)16-12-5-4-6-13(8-12)17(2)3/h4-10,16H,1-3H3. The van der Waals surface area contributed by atoms with E-state index in [1.165, 1.54) is 11.3 Å². The molecule has 2 nitrogen and oxygen atoms in total. The molecule has 0 radical (unpaired) electrons. The van der Waals surface area contributed by atoms with Crippen LogP contribution in [0.25, 0.3) is 0 Å². The van der Waals surface area contributed by atoms with Crippen molar-refractivity contribution in [3.05, 3.63) is 45.6 Å². The van der Waals surface area contributed by atoms with Gasteiger partial charge in [-0.3, -0.25) is 0 Å². The number of benzene rings is 1. The average Bonchev–Trinajstić information content (AvgIpc) is 2.76. The molecule has 0 aliphatic heterocycles. The van der Waals surface area contributed by atoms with Crippen LogP contribution in [-0.4, -0.2) is 14.1 Å². The minimum Gasteiger partial charge on any atom is -0.378 e. The topological polar surface area (TPSA) is 15.3 Å². The Kier molecular flexibility index (Phi) is 4.15. The van der Waals surface area contributed by atoms with Gasteiger partial charge in [-0.05, 0) is 42.1 Å². The number of hydrogen-bond donors (Lipinski definition) is 1. The van der Waals surface area contributed by atoms with Gasteiger partial charge in [0.25, 0.3) is 0 Å². The van der Waals surface area contributed by atoms with E-state index in [1.54, 1.807) is 11.3 Å². The molecule has 0 fully saturated rings. The van der Waals surface area contributed by atoms with Crippen LogP contribution in [0.15, 0.2) is 35.7 Å². The van der Waals surface area contributed by atoms with Crippen molar-refractivity contribution < 1.29 is 0 Å². The van der Waals surface area contributed by atoms with E-state index in [4.69, 9.17) is 11.6 Å². The van der Waals surface area contributed by atoms with Crippen LogP contribution in [0.1, 0.15) is 18.5 Å². The van der Waals surface area contributed by atoms with Crippen LogP contribution in [0.2, 0.25) is 4.34 Å². The molecule has 1 unspecified atom stereocenters. The van der Waals surface area contributed by atoms with Crippen molar-refractivity contribution in [1.82, 2.24) is 0 Å². The Morgan fingerprint density at radius 1 is 1.28 bits per heavy atom. The lowest BCUT2D eigenvalue weighted by Gasteiger charge is -2.17. The van der Waals surface area contributed by atoms with Crippen molar-refractivity contribution in [2.24, 2.45) is 0 Å². The molecule has 1 aromatic carbocycles. The molecule has 0 aliphatic carbocycles. The lowest BCUT2D eigenvalue weighted by Crippen LogP contribution is -2.10. The number of rotatable bonds is 4. The summed E-state index contributed by atoms with van der Waals surface area (Å²) >= 11 is 7.53. The predicted molar refractivity (Wildman–Crippen MR) is 82.1 cm³/mol. The van der Waals surface area contributed by atoms with Crippen LogP contribution < -0.4 is 10.2 Å². The third-order valence-corrected chi connectivity index (χ3v) is 3.94. The first-order valence-electron chi connectivity index (χ1n) is 5.84. The molecule has 0 saturated carbocycles. The zero-order valence-corrected chi connectivity index (χ0v) is 12.3. The Morgan fingerprint density at radius 3 is 2.67 bits per heavy atom. The summed E-state index contributed by atoms with van der Waals surface area (Å²) in [6, 6.07) is 10.6. The SMILES string of the molecule is CC(Nc1cccc(N(C)C)c1)c1csc(Cl)c1. The summed E-state index contributed by atoms with van der Waals surface area (Å²) in [4.78, 5) is 2.09. The molecule has 18 heavy (non-hydrogen) atoms. The van der Waals surface area contributed by atoms with Gasteiger partial charge in [0.2, 0.25) is 0 Å². The van der Waals surface area contributed by atoms with Gasteiger partial charge in [-0.25, -0.2) is 0 Å². The number of anilines is 2. The molecule has 2 aromatic rings. The summed E-state index contributed by atoms with van der Waals surface area (Å²) in [5, 5.41) is 5.58. The third kappa shape index (κ3) is 3.18. The molecule has 96 valence electrons. The first-order chi connectivity index (χ1) is 8.56. The lowest BCUT2D eigenvalue weighted by molar-refractivity contribution is 0.890. The summed E-state index contributed by atoms with van der Waals surface area (Å²) in [6.07, 6.45) is 0. The highest BCUT2D eigenvalue weighted by Crippen LogP contribution is 2.28. The van der Waals surface area contributed by atoms with E-state index in [1.807, 2.05) is 20.2 Å². The second-order valence-electron chi connectivity index (χ2n) is 4.49. The van der Waals surface area contributed by atoms with Gasteiger partial charge in [0, 0.05) is 31.5 Å². The Balaban J connectivity index is 2.11. The van der Waals surface area contributed by atoms with E-state index in [9.17, 15) is 0 Å². The highest BCUT2D eigenvalue weighted by atomic mass is 35.5. The number of nitrogens with zero attached hydrogens (tertiary/aromatic N) is 1. The Hall–Kier alpha value is -1.19.